The van der Waals surface area contributed by atoms with E-state index >= 15 is 0 Å². The van der Waals surface area contributed by atoms with E-state index in [4.69, 9.17) is 19.7 Å². The Hall–Kier alpha value is -6.33. The molecule has 2 atom stereocenters. The minimum absolute atomic E-state index is 0.0640. The normalized spacial score (nSPS) is 16.3. The first-order valence-corrected chi connectivity index (χ1v) is 16.3. The van der Waals surface area contributed by atoms with Crippen LogP contribution in [0.15, 0.2) is 158 Å². The van der Waals surface area contributed by atoms with Gasteiger partial charge in [0.25, 0.3) is 0 Å². The zero-order valence-electron chi connectivity index (χ0n) is 25.9. The molecule has 10 rings (SSSR count). The molecule has 0 spiro atoms. The fraction of sp³-hybridized carbons (Fsp3) is 0.0465. The van der Waals surface area contributed by atoms with Gasteiger partial charge in [0.2, 0.25) is 0 Å². The van der Waals surface area contributed by atoms with E-state index in [1.54, 1.807) is 0 Å². The molecule has 1 aliphatic carbocycles. The van der Waals surface area contributed by atoms with Crippen LogP contribution in [0.2, 0.25) is 0 Å². The van der Waals surface area contributed by atoms with Crippen LogP contribution in [0.5, 0.6) is 5.75 Å². The van der Waals surface area contributed by atoms with Crippen LogP contribution in [0.25, 0.3) is 72.4 Å². The summed E-state index contributed by atoms with van der Waals surface area (Å²) in [6.07, 6.45) is 8.67. The molecule has 0 saturated heterocycles. The van der Waals surface area contributed by atoms with Crippen LogP contribution in [0.1, 0.15) is 11.5 Å². The lowest BCUT2D eigenvalue weighted by atomic mass is 9.90. The van der Waals surface area contributed by atoms with Gasteiger partial charge >= 0.3 is 0 Å². The van der Waals surface area contributed by atoms with Gasteiger partial charge in [-0.3, -0.25) is 0 Å². The highest BCUT2D eigenvalue weighted by Gasteiger charge is 2.32. The Morgan fingerprint density at radius 3 is 1.85 bits per heavy atom. The number of benzene rings is 6. The van der Waals surface area contributed by atoms with Gasteiger partial charge in [-0.2, -0.15) is 0 Å². The van der Waals surface area contributed by atoms with Crippen LogP contribution in [0, 0.1) is 0 Å². The van der Waals surface area contributed by atoms with Crippen molar-refractivity contribution in [2.75, 3.05) is 0 Å². The Balaban J connectivity index is 1.11. The number of hydrogen-bond donors (Lipinski definition) is 0. The van der Waals surface area contributed by atoms with Gasteiger partial charge in [-0.15, -0.1) is 0 Å². The third-order valence-corrected chi connectivity index (χ3v) is 9.57. The van der Waals surface area contributed by atoms with Crippen molar-refractivity contribution in [2.24, 2.45) is 0 Å². The Morgan fingerprint density at radius 1 is 0.521 bits per heavy atom. The molecule has 48 heavy (non-hydrogen) atoms. The molecule has 2 aromatic heterocycles. The van der Waals surface area contributed by atoms with Crippen LogP contribution < -0.4 is 4.74 Å². The summed E-state index contributed by atoms with van der Waals surface area (Å²) in [6.45, 7) is 0. The van der Waals surface area contributed by atoms with Crippen LogP contribution in [0.3, 0.4) is 0 Å². The molecule has 226 valence electrons. The van der Waals surface area contributed by atoms with Gasteiger partial charge in [-0.25, -0.2) is 15.0 Å². The van der Waals surface area contributed by atoms with E-state index in [2.05, 4.69) is 102 Å². The molecular formula is C43H28N4O. The van der Waals surface area contributed by atoms with Gasteiger partial charge in [0, 0.05) is 44.6 Å². The van der Waals surface area contributed by atoms with Crippen LogP contribution in [-0.4, -0.2) is 25.6 Å². The predicted octanol–water partition coefficient (Wildman–Crippen LogP) is 10.1. The van der Waals surface area contributed by atoms with E-state index in [1.165, 1.54) is 27.1 Å². The number of fused-ring (bicyclic) bond motifs is 8. The molecule has 0 radical (unpaired) electrons. The predicted molar refractivity (Wildman–Crippen MR) is 193 cm³/mol. The Labute approximate surface area is 277 Å². The number of rotatable bonds is 4. The topological polar surface area (TPSA) is 52.8 Å². The summed E-state index contributed by atoms with van der Waals surface area (Å²) in [5, 5.41) is 4.88. The van der Waals surface area contributed by atoms with Crippen molar-refractivity contribution in [2.45, 2.75) is 12.0 Å². The number of ether oxygens (including phenoxy) is 1. The van der Waals surface area contributed by atoms with Gasteiger partial charge in [-0.05, 0) is 65.4 Å². The van der Waals surface area contributed by atoms with Crippen LogP contribution in [0.4, 0.5) is 0 Å². The molecule has 0 amide bonds. The summed E-state index contributed by atoms with van der Waals surface area (Å²) in [7, 11) is 0. The molecule has 6 aromatic carbocycles. The van der Waals surface area contributed by atoms with Crippen molar-refractivity contribution in [3.63, 3.8) is 0 Å². The summed E-state index contributed by atoms with van der Waals surface area (Å²) >= 11 is 0. The molecule has 0 bridgehead atoms. The SMILES string of the molecule is C1=CC2Oc3cc4c(ccc5c4c4ccccc4n5-c4ccc(-c5nc(-c6ccccc6)nc(-c6ccccc6)n5)cc4)cc3C2C=C1. The molecule has 0 fully saturated rings. The number of nitrogens with zero attached hydrogens (tertiary/aromatic N) is 4. The summed E-state index contributed by atoms with van der Waals surface area (Å²) in [4.78, 5) is 14.7. The highest BCUT2D eigenvalue weighted by molar-refractivity contribution is 6.21. The fourth-order valence-electron chi connectivity index (χ4n) is 7.30. The van der Waals surface area contributed by atoms with E-state index in [1.807, 2.05) is 60.7 Å². The smallest absolute Gasteiger partial charge is 0.164 e. The molecule has 3 heterocycles. The molecular weight excluding hydrogens is 589 g/mol. The Bertz CT molecular complexity index is 2530. The second kappa shape index (κ2) is 10.6. The minimum Gasteiger partial charge on any atom is -0.485 e. The Morgan fingerprint density at radius 2 is 1.15 bits per heavy atom. The lowest BCUT2D eigenvalue weighted by Crippen LogP contribution is -2.15. The average molecular weight is 617 g/mol. The minimum atomic E-state index is 0.0640. The maximum Gasteiger partial charge on any atom is 0.164 e. The highest BCUT2D eigenvalue weighted by atomic mass is 16.5. The largest absolute Gasteiger partial charge is 0.485 e. The summed E-state index contributed by atoms with van der Waals surface area (Å²) in [6, 6.07) is 46.4. The quantitative estimate of drug-likeness (QED) is 0.197. The standard InChI is InChI=1S/C43H28N4O/c1-3-11-27(12-4-1)41-44-42(28-13-5-2-6-14-28)46-43(45-41)29-19-22-31(23-20-29)47-36-17-9-7-16-33(36)40-34-26-39-35(25-30(34)21-24-37(40)47)32-15-8-10-18-38(32)48-39/h1-26,32,38H. The second-order valence-electron chi connectivity index (χ2n) is 12.4. The van der Waals surface area contributed by atoms with Crippen molar-refractivity contribution in [3.05, 3.63) is 163 Å². The molecule has 1 aliphatic heterocycles. The highest BCUT2D eigenvalue weighted by Crippen LogP contribution is 2.46. The van der Waals surface area contributed by atoms with Crippen molar-refractivity contribution in [1.29, 1.82) is 0 Å². The number of allylic oxidation sites excluding steroid dienone is 2. The van der Waals surface area contributed by atoms with E-state index in [-0.39, 0.29) is 12.0 Å². The van der Waals surface area contributed by atoms with Crippen molar-refractivity contribution in [1.82, 2.24) is 19.5 Å². The first-order chi connectivity index (χ1) is 23.8. The monoisotopic (exact) mass is 616 g/mol. The van der Waals surface area contributed by atoms with Gasteiger partial charge in [-0.1, -0.05) is 103 Å². The molecule has 2 aliphatic rings. The van der Waals surface area contributed by atoms with Crippen LogP contribution in [-0.2, 0) is 0 Å². The third kappa shape index (κ3) is 4.21. The zero-order valence-corrected chi connectivity index (χ0v) is 25.9. The fourth-order valence-corrected chi connectivity index (χ4v) is 7.30. The number of aromatic nitrogens is 4. The second-order valence-corrected chi connectivity index (χ2v) is 12.4. The first kappa shape index (κ1) is 26.8. The number of para-hydroxylation sites is 1. The van der Waals surface area contributed by atoms with Gasteiger partial charge < -0.3 is 9.30 Å². The van der Waals surface area contributed by atoms with E-state index < -0.39 is 0 Å². The molecule has 5 heteroatoms. The maximum absolute atomic E-state index is 6.44. The van der Waals surface area contributed by atoms with Gasteiger partial charge in [0.15, 0.2) is 17.5 Å². The number of hydrogen-bond acceptors (Lipinski definition) is 4. The third-order valence-electron chi connectivity index (χ3n) is 9.57. The van der Waals surface area contributed by atoms with E-state index in [9.17, 15) is 0 Å². The molecule has 0 N–H and O–H groups in total. The van der Waals surface area contributed by atoms with Crippen molar-refractivity contribution in [3.8, 4) is 45.6 Å². The van der Waals surface area contributed by atoms with Crippen molar-refractivity contribution >= 4 is 32.6 Å². The first-order valence-electron chi connectivity index (χ1n) is 16.3. The molecule has 5 nitrogen and oxygen atoms in total. The van der Waals surface area contributed by atoms with E-state index in [0.29, 0.717) is 17.5 Å². The lowest BCUT2D eigenvalue weighted by Gasteiger charge is -2.13. The lowest BCUT2D eigenvalue weighted by molar-refractivity contribution is 0.269. The molecule has 0 saturated carbocycles. The molecule has 8 aromatic rings. The maximum atomic E-state index is 6.44. The Kier molecular flexibility index (Phi) is 5.93. The van der Waals surface area contributed by atoms with Crippen LogP contribution >= 0.6 is 0 Å². The van der Waals surface area contributed by atoms with E-state index in [0.717, 1.165) is 39.2 Å². The van der Waals surface area contributed by atoms with Gasteiger partial charge in [0.05, 0.1) is 11.0 Å². The summed E-state index contributed by atoms with van der Waals surface area (Å²) in [5.74, 6) is 3.19. The zero-order chi connectivity index (χ0) is 31.6. The summed E-state index contributed by atoms with van der Waals surface area (Å²) < 4.78 is 8.79. The summed E-state index contributed by atoms with van der Waals surface area (Å²) in [5.41, 5.74) is 7.49. The van der Waals surface area contributed by atoms with Crippen molar-refractivity contribution < 1.29 is 4.74 Å². The average Bonchev–Trinajstić information content (AvgIpc) is 3.70. The molecule has 2 unspecified atom stereocenters. The van der Waals surface area contributed by atoms with Gasteiger partial charge in [0.1, 0.15) is 11.9 Å².